The highest BCUT2D eigenvalue weighted by Crippen LogP contribution is 2.26. The zero-order valence-corrected chi connectivity index (χ0v) is 12.5. The van der Waals surface area contributed by atoms with Crippen LogP contribution in [-0.4, -0.2) is 24.0 Å². The predicted molar refractivity (Wildman–Crippen MR) is 80.9 cm³/mol. The van der Waals surface area contributed by atoms with Gasteiger partial charge in [-0.2, -0.15) is 0 Å². The molecule has 18 heavy (non-hydrogen) atoms. The minimum Gasteiger partial charge on any atom is -0.399 e. The molecule has 102 valence electrons. The van der Waals surface area contributed by atoms with Crippen molar-refractivity contribution >= 4 is 5.69 Å². The van der Waals surface area contributed by atoms with Gasteiger partial charge in [-0.3, -0.25) is 0 Å². The smallest absolute Gasteiger partial charge is 0.0314 e. The summed E-state index contributed by atoms with van der Waals surface area (Å²) in [5, 5.41) is 0. The molecular weight excluding hydrogens is 220 g/mol. The van der Waals surface area contributed by atoms with Gasteiger partial charge in [-0.05, 0) is 44.5 Å². The van der Waals surface area contributed by atoms with Gasteiger partial charge in [0.05, 0.1) is 0 Å². The molecule has 1 aromatic rings. The molecule has 0 fully saturated rings. The fraction of sp³-hybridized carbons (Fsp3) is 0.625. The number of nitrogen functional groups attached to an aromatic ring is 1. The molecule has 1 rings (SSSR count). The Balaban J connectivity index is 2.81. The first-order valence-electron chi connectivity index (χ1n) is 6.97. The molecule has 0 aromatic heterocycles. The second kappa shape index (κ2) is 6.24. The Kier molecular flexibility index (Phi) is 5.21. The number of nitrogens with two attached hydrogens (primary N) is 1. The molecule has 0 atom stereocenters. The Bertz CT molecular complexity index is 352. The zero-order chi connectivity index (χ0) is 13.8. The number of benzene rings is 1. The topological polar surface area (TPSA) is 29.3 Å². The summed E-state index contributed by atoms with van der Waals surface area (Å²) in [4.78, 5) is 2.55. The molecule has 2 nitrogen and oxygen atoms in total. The third kappa shape index (κ3) is 4.02. The molecule has 0 amide bonds. The first-order valence-corrected chi connectivity index (χ1v) is 6.97. The molecule has 0 saturated carbocycles. The molecular formula is C16H28N2. The molecule has 0 spiro atoms. The van der Waals surface area contributed by atoms with Crippen LogP contribution in [0, 0.1) is 0 Å². The van der Waals surface area contributed by atoms with Crippen LogP contribution in [0.2, 0.25) is 0 Å². The van der Waals surface area contributed by atoms with E-state index in [1.807, 2.05) is 12.1 Å². The molecule has 2 heteroatoms. The monoisotopic (exact) mass is 248 g/mol. The third-order valence-corrected chi connectivity index (χ3v) is 3.53. The first-order chi connectivity index (χ1) is 8.36. The number of hydrogen-bond acceptors (Lipinski definition) is 2. The van der Waals surface area contributed by atoms with E-state index < -0.39 is 0 Å². The lowest BCUT2D eigenvalue weighted by Gasteiger charge is -2.35. The van der Waals surface area contributed by atoms with Crippen molar-refractivity contribution in [2.45, 2.75) is 52.5 Å². The molecule has 0 aliphatic rings. The summed E-state index contributed by atoms with van der Waals surface area (Å²) in [7, 11) is 0. The van der Waals surface area contributed by atoms with Crippen molar-refractivity contribution in [3.8, 4) is 0 Å². The highest BCUT2D eigenvalue weighted by atomic mass is 15.1. The lowest BCUT2D eigenvalue weighted by molar-refractivity contribution is 0.181. The maximum Gasteiger partial charge on any atom is 0.0314 e. The summed E-state index contributed by atoms with van der Waals surface area (Å²) in [6.45, 7) is 13.7. The predicted octanol–water partition coefficient (Wildman–Crippen LogP) is 3.67. The number of rotatable bonds is 6. The van der Waals surface area contributed by atoms with E-state index in [-0.39, 0.29) is 5.41 Å². The number of hydrogen-bond donors (Lipinski definition) is 1. The zero-order valence-electron chi connectivity index (χ0n) is 12.5. The Labute approximate surface area is 112 Å². The van der Waals surface area contributed by atoms with E-state index in [9.17, 15) is 0 Å². The molecule has 0 bridgehead atoms. The molecule has 1 aromatic carbocycles. The average molecular weight is 248 g/mol. The minimum absolute atomic E-state index is 0.160. The van der Waals surface area contributed by atoms with Crippen LogP contribution in [0.4, 0.5) is 5.69 Å². The van der Waals surface area contributed by atoms with Gasteiger partial charge in [0.15, 0.2) is 0 Å². The van der Waals surface area contributed by atoms with Crippen molar-refractivity contribution in [3.05, 3.63) is 29.8 Å². The van der Waals surface area contributed by atoms with E-state index in [2.05, 4.69) is 51.7 Å². The van der Waals surface area contributed by atoms with Crippen molar-refractivity contribution < 1.29 is 0 Å². The van der Waals surface area contributed by atoms with Gasteiger partial charge >= 0.3 is 0 Å². The Morgan fingerprint density at radius 2 is 1.72 bits per heavy atom. The van der Waals surface area contributed by atoms with Gasteiger partial charge in [0.25, 0.3) is 0 Å². The van der Waals surface area contributed by atoms with E-state index >= 15 is 0 Å². The van der Waals surface area contributed by atoms with E-state index in [0.717, 1.165) is 18.8 Å². The van der Waals surface area contributed by atoms with Crippen LogP contribution < -0.4 is 5.73 Å². The van der Waals surface area contributed by atoms with Gasteiger partial charge in [0, 0.05) is 23.7 Å². The van der Waals surface area contributed by atoms with Crippen LogP contribution in [0.3, 0.4) is 0 Å². The molecule has 0 unspecified atom stereocenters. The molecule has 0 radical (unpaired) electrons. The second-order valence-corrected chi connectivity index (χ2v) is 6.07. The van der Waals surface area contributed by atoms with E-state index in [1.165, 1.54) is 12.0 Å². The minimum atomic E-state index is 0.160. The lowest BCUT2D eigenvalue weighted by atomic mass is 9.83. The van der Waals surface area contributed by atoms with Crippen LogP contribution in [0.25, 0.3) is 0 Å². The van der Waals surface area contributed by atoms with Gasteiger partial charge < -0.3 is 10.6 Å². The van der Waals surface area contributed by atoms with E-state index in [0.29, 0.717) is 6.04 Å². The van der Waals surface area contributed by atoms with Crippen molar-refractivity contribution in [1.29, 1.82) is 0 Å². The van der Waals surface area contributed by atoms with Crippen LogP contribution in [0.15, 0.2) is 24.3 Å². The second-order valence-electron chi connectivity index (χ2n) is 6.07. The first kappa shape index (κ1) is 15.0. The standard InChI is InChI=1S/C16H28N2/c1-6-11-18(13(2)3)12-16(4,5)14-7-9-15(17)10-8-14/h7-10,13H,6,11-12,17H2,1-5H3. The molecule has 0 aliphatic carbocycles. The van der Waals surface area contributed by atoms with Crippen LogP contribution in [-0.2, 0) is 5.41 Å². The van der Waals surface area contributed by atoms with Gasteiger partial charge in [-0.25, -0.2) is 0 Å². The highest BCUT2D eigenvalue weighted by molar-refractivity contribution is 5.41. The van der Waals surface area contributed by atoms with Crippen molar-refractivity contribution in [1.82, 2.24) is 4.90 Å². The Morgan fingerprint density at radius 3 is 2.17 bits per heavy atom. The van der Waals surface area contributed by atoms with Crippen molar-refractivity contribution in [2.24, 2.45) is 0 Å². The SMILES string of the molecule is CCCN(CC(C)(C)c1ccc(N)cc1)C(C)C. The normalized spacial score (nSPS) is 12.4. The third-order valence-electron chi connectivity index (χ3n) is 3.53. The quantitative estimate of drug-likeness (QED) is 0.778. The highest BCUT2D eigenvalue weighted by Gasteiger charge is 2.24. The van der Waals surface area contributed by atoms with Crippen molar-refractivity contribution in [3.63, 3.8) is 0 Å². The fourth-order valence-corrected chi connectivity index (χ4v) is 2.34. The van der Waals surface area contributed by atoms with Crippen LogP contribution >= 0.6 is 0 Å². The maximum atomic E-state index is 5.76. The average Bonchev–Trinajstić information content (AvgIpc) is 2.28. The maximum absolute atomic E-state index is 5.76. The largest absolute Gasteiger partial charge is 0.399 e. The van der Waals surface area contributed by atoms with Gasteiger partial charge in [0.1, 0.15) is 0 Å². The molecule has 2 N–H and O–H groups in total. The summed E-state index contributed by atoms with van der Waals surface area (Å²) in [6, 6.07) is 8.89. The number of nitrogens with zero attached hydrogens (tertiary/aromatic N) is 1. The Morgan fingerprint density at radius 1 is 1.17 bits per heavy atom. The van der Waals surface area contributed by atoms with Crippen LogP contribution in [0.1, 0.15) is 46.6 Å². The van der Waals surface area contributed by atoms with E-state index in [4.69, 9.17) is 5.73 Å². The molecule has 0 aliphatic heterocycles. The lowest BCUT2D eigenvalue weighted by Crippen LogP contribution is -2.41. The Hall–Kier alpha value is -1.02. The summed E-state index contributed by atoms with van der Waals surface area (Å²) in [6.07, 6.45) is 1.20. The van der Waals surface area contributed by atoms with Gasteiger partial charge in [-0.15, -0.1) is 0 Å². The van der Waals surface area contributed by atoms with Gasteiger partial charge in [-0.1, -0.05) is 32.9 Å². The summed E-state index contributed by atoms with van der Waals surface area (Å²) < 4.78 is 0. The molecule has 0 heterocycles. The van der Waals surface area contributed by atoms with Gasteiger partial charge in [0.2, 0.25) is 0 Å². The van der Waals surface area contributed by atoms with Crippen LogP contribution in [0.5, 0.6) is 0 Å². The summed E-state index contributed by atoms with van der Waals surface area (Å²) in [5.74, 6) is 0. The molecule has 0 saturated heterocycles. The van der Waals surface area contributed by atoms with Crippen molar-refractivity contribution in [2.75, 3.05) is 18.8 Å². The summed E-state index contributed by atoms with van der Waals surface area (Å²) in [5.41, 5.74) is 8.11. The fourth-order valence-electron chi connectivity index (χ4n) is 2.34. The summed E-state index contributed by atoms with van der Waals surface area (Å²) >= 11 is 0. The number of anilines is 1. The van der Waals surface area contributed by atoms with E-state index in [1.54, 1.807) is 0 Å².